The van der Waals surface area contributed by atoms with Crippen molar-refractivity contribution in [2.45, 2.75) is 45.7 Å². The van der Waals surface area contributed by atoms with E-state index in [0.717, 1.165) is 12.2 Å². The molecule has 1 aromatic heterocycles. The van der Waals surface area contributed by atoms with E-state index in [4.69, 9.17) is 4.98 Å². The van der Waals surface area contributed by atoms with Crippen LogP contribution in [0.2, 0.25) is 0 Å². The molecule has 0 saturated heterocycles. The summed E-state index contributed by atoms with van der Waals surface area (Å²) in [4.78, 5) is 4.79. The zero-order chi connectivity index (χ0) is 13.9. The number of aromatic nitrogens is 1. The molecule has 1 heterocycles. The molecule has 0 spiro atoms. The molecule has 2 nitrogen and oxygen atoms in total. The van der Waals surface area contributed by atoms with Crippen molar-refractivity contribution in [3.8, 4) is 0 Å². The lowest BCUT2D eigenvalue weighted by molar-refractivity contribution is 0.576. The van der Waals surface area contributed by atoms with Gasteiger partial charge in [0.2, 0.25) is 0 Å². The Bertz CT molecular complexity index is 515. The summed E-state index contributed by atoms with van der Waals surface area (Å²) in [6, 6.07) is 11.1. The van der Waals surface area contributed by atoms with E-state index in [1.54, 1.807) is 11.3 Å². The Labute approximate surface area is 119 Å². The van der Waals surface area contributed by atoms with Crippen molar-refractivity contribution in [3.63, 3.8) is 0 Å². The molecule has 0 bridgehead atoms. The maximum atomic E-state index is 4.79. The van der Waals surface area contributed by atoms with E-state index in [-0.39, 0.29) is 5.41 Å². The van der Waals surface area contributed by atoms with Crippen molar-refractivity contribution in [1.29, 1.82) is 0 Å². The number of hydrogen-bond donors (Lipinski definition) is 1. The van der Waals surface area contributed by atoms with E-state index in [2.05, 4.69) is 68.7 Å². The quantitative estimate of drug-likeness (QED) is 0.892. The van der Waals surface area contributed by atoms with E-state index < -0.39 is 0 Å². The summed E-state index contributed by atoms with van der Waals surface area (Å²) in [7, 11) is 0. The molecule has 0 amide bonds. The Morgan fingerprint density at radius 2 is 1.89 bits per heavy atom. The average Bonchev–Trinajstić information content (AvgIpc) is 2.87. The van der Waals surface area contributed by atoms with Crippen LogP contribution in [0.15, 0.2) is 35.7 Å². The third-order valence-electron chi connectivity index (χ3n) is 3.27. The summed E-state index contributed by atoms with van der Waals surface area (Å²) >= 11 is 1.75. The van der Waals surface area contributed by atoms with E-state index in [0.29, 0.717) is 6.04 Å². The fourth-order valence-electron chi connectivity index (χ4n) is 1.96. The maximum absolute atomic E-state index is 4.79. The standard InChI is InChI=1S/C16H22N2S/c1-12(2)17-10-14-11-19-15(18-14)16(3,4)13-8-6-5-7-9-13/h5-9,11-12,17H,10H2,1-4H3. The van der Waals surface area contributed by atoms with E-state index >= 15 is 0 Å². The van der Waals surface area contributed by atoms with Crippen molar-refractivity contribution < 1.29 is 0 Å². The fourth-order valence-corrected chi connectivity index (χ4v) is 2.93. The molecule has 0 radical (unpaired) electrons. The minimum absolute atomic E-state index is 0.0258. The second-order valence-corrected chi connectivity index (χ2v) is 6.53. The van der Waals surface area contributed by atoms with E-state index in [9.17, 15) is 0 Å². The number of hydrogen-bond acceptors (Lipinski definition) is 3. The zero-order valence-electron chi connectivity index (χ0n) is 12.1. The molecule has 1 aromatic carbocycles. The summed E-state index contributed by atoms with van der Waals surface area (Å²) in [6.07, 6.45) is 0. The highest BCUT2D eigenvalue weighted by atomic mass is 32.1. The second kappa shape index (κ2) is 5.85. The van der Waals surface area contributed by atoms with Crippen LogP contribution in [-0.4, -0.2) is 11.0 Å². The molecule has 0 aliphatic heterocycles. The van der Waals surface area contributed by atoms with Crippen LogP contribution >= 0.6 is 11.3 Å². The molecule has 0 fully saturated rings. The molecule has 2 rings (SSSR count). The minimum atomic E-state index is -0.0258. The number of nitrogens with one attached hydrogen (secondary N) is 1. The van der Waals surface area contributed by atoms with E-state index in [1.807, 2.05) is 0 Å². The second-order valence-electron chi connectivity index (χ2n) is 5.67. The number of rotatable bonds is 5. The Kier molecular flexibility index (Phi) is 4.38. The average molecular weight is 274 g/mol. The first-order valence-corrected chi connectivity index (χ1v) is 7.62. The summed E-state index contributed by atoms with van der Waals surface area (Å²) < 4.78 is 0. The third kappa shape index (κ3) is 3.43. The lowest BCUT2D eigenvalue weighted by Crippen LogP contribution is -2.22. The summed E-state index contributed by atoms with van der Waals surface area (Å²) in [6.45, 7) is 9.63. The predicted molar refractivity (Wildman–Crippen MR) is 82.7 cm³/mol. The number of thiazole rings is 1. The molecule has 0 aliphatic carbocycles. The van der Waals surface area contributed by atoms with Crippen molar-refractivity contribution >= 4 is 11.3 Å². The van der Waals surface area contributed by atoms with Gasteiger partial charge in [-0.1, -0.05) is 44.2 Å². The third-order valence-corrected chi connectivity index (χ3v) is 4.49. The van der Waals surface area contributed by atoms with Crippen molar-refractivity contribution in [2.24, 2.45) is 0 Å². The summed E-state index contributed by atoms with van der Waals surface area (Å²) in [5, 5.41) is 6.75. The van der Waals surface area contributed by atoms with Crippen LogP contribution in [0.3, 0.4) is 0 Å². The smallest absolute Gasteiger partial charge is 0.103 e. The predicted octanol–water partition coefficient (Wildman–Crippen LogP) is 3.97. The Hall–Kier alpha value is -1.19. The molecule has 0 aliphatic rings. The van der Waals surface area contributed by atoms with Gasteiger partial charge in [-0.15, -0.1) is 11.3 Å². The van der Waals surface area contributed by atoms with Gasteiger partial charge in [-0.05, 0) is 19.4 Å². The van der Waals surface area contributed by atoms with Gasteiger partial charge < -0.3 is 5.32 Å². The van der Waals surface area contributed by atoms with Crippen LogP contribution in [0, 0.1) is 0 Å². The highest BCUT2D eigenvalue weighted by molar-refractivity contribution is 7.09. The first-order valence-electron chi connectivity index (χ1n) is 6.74. The van der Waals surface area contributed by atoms with E-state index in [1.165, 1.54) is 10.6 Å². The van der Waals surface area contributed by atoms with Crippen LogP contribution in [0.4, 0.5) is 0 Å². The van der Waals surface area contributed by atoms with Gasteiger partial charge in [-0.3, -0.25) is 0 Å². The highest BCUT2D eigenvalue weighted by Gasteiger charge is 2.26. The van der Waals surface area contributed by atoms with Crippen LogP contribution in [-0.2, 0) is 12.0 Å². The molecule has 1 N–H and O–H groups in total. The molecule has 3 heteroatoms. The molecule has 2 aromatic rings. The normalized spacial score (nSPS) is 12.1. The monoisotopic (exact) mass is 274 g/mol. The maximum Gasteiger partial charge on any atom is 0.103 e. The fraction of sp³-hybridized carbons (Fsp3) is 0.438. The van der Waals surface area contributed by atoms with Gasteiger partial charge in [-0.25, -0.2) is 4.98 Å². The molecule has 0 saturated carbocycles. The minimum Gasteiger partial charge on any atom is -0.309 e. The van der Waals surface area contributed by atoms with Crippen LogP contribution in [0.1, 0.15) is 44.0 Å². The highest BCUT2D eigenvalue weighted by Crippen LogP contribution is 2.33. The Balaban J connectivity index is 2.17. The number of benzene rings is 1. The topological polar surface area (TPSA) is 24.9 Å². The van der Waals surface area contributed by atoms with Gasteiger partial charge in [0, 0.05) is 23.4 Å². The van der Waals surface area contributed by atoms with Gasteiger partial charge in [0.05, 0.1) is 5.69 Å². The first kappa shape index (κ1) is 14.2. The van der Waals surface area contributed by atoms with Crippen molar-refractivity contribution in [2.75, 3.05) is 0 Å². The Morgan fingerprint density at radius 3 is 2.53 bits per heavy atom. The molecular formula is C16H22N2S. The molecule has 102 valence electrons. The van der Waals surface area contributed by atoms with Crippen LogP contribution in [0.5, 0.6) is 0 Å². The van der Waals surface area contributed by atoms with Gasteiger partial charge >= 0.3 is 0 Å². The largest absolute Gasteiger partial charge is 0.309 e. The summed E-state index contributed by atoms with van der Waals surface area (Å²) in [5.74, 6) is 0. The van der Waals surface area contributed by atoms with Crippen molar-refractivity contribution in [3.05, 3.63) is 52.0 Å². The Morgan fingerprint density at radius 1 is 1.21 bits per heavy atom. The zero-order valence-corrected chi connectivity index (χ0v) is 12.9. The van der Waals surface area contributed by atoms with Crippen LogP contribution in [0.25, 0.3) is 0 Å². The molecule has 0 atom stereocenters. The first-order chi connectivity index (χ1) is 9.00. The molecular weight excluding hydrogens is 252 g/mol. The van der Waals surface area contributed by atoms with Gasteiger partial charge in [0.25, 0.3) is 0 Å². The van der Waals surface area contributed by atoms with Gasteiger partial charge in [0.1, 0.15) is 5.01 Å². The molecule has 0 unspecified atom stereocenters. The molecule has 19 heavy (non-hydrogen) atoms. The van der Waals surface area contributed by atoms with Crippen LogP contribution < -0.4 is 5.32 Å². The lowest BCUT2D eigenvalue weighted by Gasteiger charge is -2.22. The van der Waals surface area contributed by atoms with Gasteiger partial charge in [-0.2, -0.15) is 0 Å². The van der Waals surface area contributed by atoms with Gasteiger partial charge in [0.15, 0.2) is 0 Å². The summed E-state index contributed by atoms with van der Waals surface area (Å²) in [5.41, 5.74) is 2.42. The number of nitrogens with zero attached hydrogens (tertiary/aromatic N) is 1. The van der Waals surface area contributed by atoms with Crippen molar-refractivity contribution in [1.82, 2.24) is 10.3 Å². The SMILES string of the molecule is CC(C)NCc1csc(C(C)(C)c2ccccc2)n1. The lowest BCUT2D eigenvalue weighted by atomic mass is 9.85.